The first-order valence-corrected chi connectivity index (χ1v) is 9.93. The Hall–Kier alpha value is -2.72. The molecule has 28 heavy (non-hydrogen) atoms. The van der Waals surface area contributed by atoms with Crippen molar-refractivity contribution in [3.05, 3.63) is 77.0 Å². The van der Waals surface area contributed by atoms with Crippen LogP contribution in [0.3, 0.4) is 0 Å². The zero-order chi connectivity index (χ0) is 19.7. The van der Waals surface area contributed by atoms with Gasteiger partial charge in [0.1, 0.15) is 0 Å². The van der Waals surface area contributed by atoms with Crippen molar-refractivity contribution in [2.75, 3.05) is 13.1 Å². The fourth-order valence-electron chi connectivity index (χ4n) is 4.16. The van der Waals surface area contributed by atoms with Crippen molar-refractivity contribution in [2.45, 2.75) is 32.8 Å². The number of rotatable bonds is 3. The van der Waals surface area contributed by atoms with Gasteiger partial charge in [0, 0.05) is 24.2 Å². The van der Waals surface area contributed by atoms with Crippen LogP contribution in [0.2, 0.25) is 0 Å². The lowest BCUT2D eigenvalue weighted by Crippen LogP contribution is -2.40. The molecule has 4 nitrogen and oxygen atoms in total. The predicted molar refractivity (Wildman–Crippen MR) is 111 cm³/mol. The van der Waals surface area contributed by atoms with Gasteiger partial charge in [0.05, 0.1) is 17.2 Å². The Kier molecular flexibility index (Phi) is 5.14. The van der Waals surface area contributed by atoms with E-state index in [1.165, 1.54) is 0 Å². The Labute approximate surface area is 165 Å². The van der Waals surface area contributed by atoms with Gasteiger partial charge in [0.25, 0.3) is 5.91 Å². The third kappa shape index (κ3) is 3.65. The Morgan fingerprint density at radius 3 is 2.50 bits per heavy atom. The average molecular weight is 374 g/mol. The number of aryl methyl sites for hydroxylation is 2. The molecule has 1 atom stereocenters. The second-order valence-corrected chi connectivity index (χ2v) is 7.82. The maximum absolute atomic E-state index is 13.3. The van der Waals surface area contributed by atoms with E-state index in [-0.39, 0.29) is 11.8 Å². The number of aliphatic hydroxyl groups excluding tert-OH is 1. The van der Waals surface area contributed by atoms with Crippen molar-refractivity contribution < 1.29 is 9.90 Å². The maximum atomic E-state index is 13.3. The molecule has 144 valence electrons. The first kappa shape index (κ1) is 18.6. The minimum atomic E-state index is -0.467. The molecule has 2 heterocycles. The third-order valence-electron chi connectivity index (χ3n) is 5.74. The fraction of sp³-hybridized carbons (Fsp3) is 0.333. The minimum absolute atomic E-state index is 0.0637. The largest absolute Gasteiger partial charge is 0.388 e. The highest BCUT2D eigenvalue weighted by Crippen LogP contribution is 2.31. The number of aromatic nitrogens is 1. The van der Waals surface area contributed by atoms with Crippen LogP contribution >= 0.6 is 0 Å². The zero-order valence-corrected chi connectivity index (χ0v) is 16.4. The van der Waals surface area contributed by atoms with Gasteiger partial charge in [-0.05, 0) is 56.4 Å². The molecule has 2 aromatic carbocycles. The zero-order valence-electron chi connectivity index (χ0n) is 16.4. The molecule has 1 saturated heterocycles. The van der Waals surface area contributed by atoms with E-state index in [2.05, 4.69) is 4.98 Å². The fourth-order valence-corrected chi connectivity index (χ4v) is 4.16. The topological polar surface area (TPSA) is 53.4 Å². The normalized spacial score (nSPS) is 16.3. The molecule has 0 spiro atoms. The van der Waals surface area contributed by atoms with Crippen LogP contribution in [-0.2, 0) is 0 Å². The minimum Gasteiger partial charge on any atom is -0.388 e. The van der Waals surface area contributed by atoms with Gasteiger partial charge < -0.3 is 10.0 Å². The molecule has 1 aromatic heterocycles. The molecule has 0 aliphatic carbocycles. The lowest BCUT2D eigenvalue weighted by Gasteiger charge is -2.34. The summed E-state index contributed by atoms with van der Waals surface area (Å²) in [5.74, 6) is 0.248. The Balaban J connectivity index is 1.52. The van der Waals surface area contributed by atoms with Crippen LogP contribution in [0.4, 0.5) is 0 Å². The summed E-state index contributed by atoms with van der Waals surface area (Å²) in [5.41, 5.74) is 4.53. The molecule has 1 N–H and O–H groups in total. The van der Waals surface area contributed by atoms with Gasteiger partial charge >= 0.3 is 0 Å². The van der Waals surface area contributed by atoms with Gasteiger partial charge in [-0.1, -0.05) is 42.0 Å². The molecule has 4 rings (SSSR count). The molecule has 4 heteroatoms. The number of piperidine rings is 1. The summed E-state index contributed by atoms with van der Waals surface area (Å²) in [6, 6.07) is 17.8. The average Bonchev–Trinajstić information content (AvgIpc) is 2.73. The van der Waals surface area contributed by atoms with Gasteiger partial charge in [0.15, 0.2) is 0 Å². The maximum Gasteiger partial charge on any atom is 0.254 e. The van der Waals surface area contributed by atoms with E-state index in [0.29, 0.717) is 13.1 Å². The number of hydrogen-bond donors (Lipinski definition) is 1. The van der Waals surface area contributed by atoms with Crippen LogP contribution in [0.1, 0.15) is 46.1 Å². The van der Waals surface area contributed by atoms with Gasteiger partial charge in [-0.15, -0.1) is 0 Å². The third-order valence-corrected chi connectivity index (χ3v) is 5.74. The van der Waals surface area contributed by atoms with Crippen molar-refractivity contribution in [1.82, 2.24) is 9.88 Å². The SMILES string of the molecule is Cc1ccc2nc(C)cc(C(=O)N3CCC(C(O)c4ccccc4)CC3)c2c1. The second-order valence-electron chi connectivity index (χ2n) is 7.82. The molecule has 1 aliphatic rings. The number of nitrogens with zero attached hydrogens (tertiary/aromatic N) is 2. The quantitative estimate of drug-likeness (QED) is 0.737. The van der Waals surface area contributed by atoms with E-state index >= 15 is 0 Å². The van der Waals surface area contributed by atoms with E-state index < -0.39 is 6.10 Å². The van der Waals surface area contributed by atoms with E-state index in [1.54, 1.807) is 0 Å². The number of hydrogen-bond acceptors (Lipinski definition) is 3. The summed E-state index contributed by atoms with van der Waals surface area (Å²) in [5, 5.41) is 11.6. The van der Waals surface area contributed by atoms with Crippen LogP contribution < -0.4 is 0 Å². The summed E-state index contributed by atoms with van der Waals surface area (Å²) >= 11 is 0. The first-order valence-electron chi connectivity index (χ1n) is 9.93. The molecule has 1 aliphatic heterocycles. The molecule has 0 saturated carbocycles. The highest BCUT2D eigenvalue weighted by atomic mass is 16.3. The van der Waals surface area contributed by atoms with Gasteiger partial charge in [0.2, 0.25) is 0 Å². The van der Waals surface area contributed by atoms with E-state index in [0.717, 1.165) is 46.1 Å². The highest BCUT2D eigenvalue weighted by molar-refractivity contribution is 6.06. The Morgan fingerprint density at radius 2 is 1.79 bits per heavy atom. The number of amides is 1. The molecule has 3 aromatic rings. The Bertz CT molecular complexity index is 992. The van der Waals surface area contributed by atoms with Crippen molar-refractivity contribution in [1.29, 1.82) is 0 Å². The number of carbonyl (C=O) groups excluding carboxylic acids is 1. The number of aliphatic hydroxyl groups is 1. The van der Waals surface area contributed by atoms with Gasteiger partial charge in [-0.2, -0.15) is 0 Å². The monoisotopic (exact) mass is 374 g/mol. The smallest absolute Gasteiger partial charge is 0.254 e. The molecule has 1 unspecified atom stereocenters. The lowest BCUT2D eigenvalue weighted by molar-refractivity contribution is 0.0463. The summed E-state index contributed by atoms with van der Waals surface area (Å²) in [6.45, 7) is 5.30. The van der Waals surface area contributed by atoms with Crippen LogP contribution in [0.5, 0.6) is 0 Å². The predicted octanol–water partition coefficient (Wildman–Crippen LogP) is 4.44. The highest BCUT2D eigenvalue weighted by Gasteiger charge is 2.29. The number of benzene rings is 2. The van der Waals surface area contributed by atoms with E-state index in [9.17, 15) is 9.90 Å². The number of likely N-dealkylation sites (tertiary alicyclic amines) is 1. The standard InChI is InChI=1S/C24H26N2O2/c1-16-8-9-22-20(14-16)21(15-17(2)25-22)24(28)26-12-10-19(11-13-26)23(27)18-6-4-3-5-7-18/h3-9,14-15,19,23,27H,10-13H2,1-2H3. The summed E-state index contributed by atoms with van der Waals surface area (Å²) in [6.07, 6.45) is 1.15. The van der Waals surface area contributed by atoms with Gasteiger partial charge in [-0.25, -0.2) is 0 Å². The lowest BCUT2D eigenvalue weighted by atomic mass is 9.87. The van der Waals surface area contributed by atoms with Crippen molar-refractivity contribution in [3.63, 3.8) is 0 Å². The molecule has 0 bridgehead atoms. The second kappa shape index (κ2) is 7.72. The van der Waals surface area contributed by atoms with Gasteiger partial charge in [-0.3, -0.25) is 9.78 Å². The molecule has 1 fully saturated rings. The van der Waals surface area contributed by atoms with E-state index in [4.69, 9.17) is 0 Å². The molecular formula is C24H26N2O2. The number of carbonyl (C=O) groups is 1. The summed E-state index contributed by atoms with van der Waals surface area (Å²) < 4.78 is 0. The first-order chi connectivity index (χ1) is 13.5. The van der Waals surface area contributed by atoms with Crippen LogP contribution in [0, 0.1) is 19.8 Å². The number of fused-ring (bicyclic) bond motifs is 1. The summed E-state index contributed by atoms with van der Waals surface area (Å²) in [7, 11) is 0. The van der Waals surface area contributed by atoms with Crippen molar-refractivity contribution >= 4 is 16.8 Å². The van der Waals surface area contributed by atoms with Crippen molar-refractivity contribution in [3.8, 4) is 0 Å². The summed E-state index contributed by atoms with van der Waals surface area (Å²) in [4.78, 5) is 19.8. The van der Waals surface area contributed by atoms with Crippen LogP contribution in [0.25, 0.3) is 10.9 Å². The number of pyridine rings is 1. The Morgan fingerprint density at radius 1 is 1.07 bits per heavy atom. The van der Waals surface area contributed by atoms with Crippen molar-refractivity contribution in [2.24, 2.45) is 5.92 Å². The van der Waals surface area contributed by atoms with E-state index in [1.807, 2.05) is 73.3 Å². The molecule has 1 amide bonds. The van der Waals surface area contributed by atoms with Crippen LogP contribution in [-0.4, -0.2) is 34.0 Å². The molecule has 0 radical (unpaired) electrons. The molecular weight excluding hydrogens is 348 g/mol. The van der Waals surface area contributed by atoms with Crippen LogP contribution in [0.15, 0.2) is 54.6 Å².